The first-order valence-corrected chi connectivity index (χ1v) is 8.72. The Labute approximate surface area is 140 Å². The van der Waals surface area contributed by atoms with Gasteiger partial charge in [-0.05, 0) is 31.9 Å². The Kier molecular flexibility index (Phi) is 4.20. The first-order valence-electron chi connectivity index (χ1n) is 6.71. The molecule has 0 atom stereocenters. The number of aromatic nitrogens is 1. The molecule has 2 aromatic rings. The quantitative estimate of drug-likeness (QED) is 0.879. The van der Waals surface area contributed by atoms with Crippen LogP contribution in [-0.4, -0.2) is 28.0 Å². The van der Waals surface area contributed by atoms with Crippen molar-refractivity contribution in [3.05, 3.63) is 27.0 Å². The van der Waals surface area contributed by atoms with Crippen LogP contribution >= 0.6 is 34.3 Å². The minimum Gasteiger partial charge on any atom is -0.481 e. The average molecular weight is 357 g/mol. The van der Waals surface area contributed by atoms with Crippen LogP contribution in [0.25, 0.3) is 9.88 Å². The number of rotatable bonds is 4. The minimum atomic E-state index is -0.795. The van der Waals surface area contributed by atoms with Crippen molar-refractivity contribution in [3.63, 3.8) is 0 Å². The molecule has 2 N–H and O–H groups in total. The molecule has 0 unspecified atom stereocenters. The molecular formula is C14H13ClN2O3S2. The predicted molar refractivity (Wildman–Crippen MR) is 86.8 cm³/mol. The van der Waals surface area contributed by atoms with Crippen molar-refractivity contribution in [1.82, 2.24) is 10.3 Å². The first kappa shape index (κ1) is 15.5. The Balaban J connectivity index is 1.69. The number of nitrogens with zero attached hydrogens (tertiary/aromatic N) is 1. The summed E-state index contributed by atoms with van der Waals surface area (Å²) >= 11 is 8.68. The summed E-state index contributed by atoms with van der Waals surface area (Å²) in [6.45, 7) is 1.80. The molecule has 1 amide bonds. The van der Waals surface area contributed by atoms with Gasteiger partial charge in [-0.3, -0.25) is 9.59 Å². The lowest BCUT2D eigenvalue weighted by Gasteiger charge is -2.32. The molecular weight excluding hydrogens is 344 g/mol. The van der Waals surface area contributed by atoms with Gasteiger partial charge >= 0.3 is 5.97 Å². The molecule has 116 valence electrons. The normalized spacial score (nSPS) is 20.5. The van der Waals surface area contributed by atoms with E-state index in [0.29, 0.717) is 27.7 Å². The van der Waals surface area contributed by atoms with Crippen LogP contribution in [0.15, 0.2) is 12.1 Å². The maximum Gasteiger partial charge on any atom is 0.306 e. The molecule has 1 saturated carbocycles. The number of halogens is 1. The topological polar surface area (TPSA) is 79.3 Å². The second-order valence-corrected chi connectivity index (χ2v) is 7.93. The molecule has 0 radical (unpaired) electrons. The third-order valence-corrected chi connectivity index (χ3v) is 6.17. The number of hydrogen-bond donors (Lipinski definition) is 2. The summed E-state index contributed by atoms with van der Waals surface area (Å²) in [5, 5.41) is 12.5. The molecule has 1 aliphatic rings. The van der Waals surface area contributed by atoms with Crippen molar-refractivity contribution >= 4 is 46.2 Å². The smallest absolute Gasteiger partial charge is 0.306 e. The van der Waals surface area contributed by atoms with Crippen molar-refractivity contribution in [3.8, 4) is 9.88 Å². The molecule has 0 bridgehead atoms. The Bertz CT molecular complexity index is 734. The largest absolute Gasteiger partial charge is 0.481 e. The highest BCUT2D eigenvalue weighted by atomic mass is 35.5. The van der Waals surface area contributed by atoms with E-state index in [1.165, 1.54) is 22.7 Å². The molecule has 3 rings (SSSR count). The molecule has 0 saturated heterocycles. The van der Waals surface area contributed by atoms with Gasteiger partial charge in [0.1, 0.15) is 9.88 Å². The van der Waals surface area contributed by atoms with Crippen LogP contribution in [-0.2, 0) is 4.79 Å². The molecule has 1 fully saturated rings. The number of amides is 1. The van der Waals surface area contributed by atoms with E-state index in [4.69, 9.17) is 16.7 Å². The van der Waals surface area contributed by atoms with Gasteiger partial charge in [0.15, 0.2) is 0 Å². The van der Waals surface area contributed by atoms with Gasteiger partial charge in [-0.25, -0.2) is 4.98 Å². The molecule has 0 spiro atoms. The van der Waals surface area contributed by atoms with Crippen LogP contribution in [0.3, 0.4) is 0 Å². The molecule has 8 heteroatoms. The van der Waals surface area contributed by atoms with Crippen LogP contribution < -0.4 is 5.32 Å². The predicted octanol–water partition coefficient (Wildman–Crippen LogP) is 3.43. The van der Waals surface area contributed by atoms with Gasteiger partial charge in [0.05, 0.1) is 20.8 Å². The van der Waals surface area contributed by atoms with Crippen LogP contribution in [0, 0.1) is 12.8 Å². The van der Waals surface area contributed by atoms with Gasteiger partial charge in [-0.1, -0.05) is 11.6 Å². The van der Waals surface area contributed by atoms with E-state index in [1.54, 1.807) is 13.0 Å². The maximum absolute atomic E-state index is 12.3. The van der Waals surface area contributed by atoms with Crippen LogP contribution in [0.5, 0.6) is 0 Å². The average Bonchev–Trinajstić information content (AvgIpc) is 2.98. The van der Waals surface area contributed by atoms with E-state index in [2.05, 4.69) is 10.3 Å². The van der Waals surface area contributed by atoms with Gasteiger partial charge in [0.2, 0.25) is 0 Å². The number of thiazole rings is 1. The van der Waals surface area contributed by atoms with Crippen LogP contribution in [0.4, 0.5) is 0 Å². The minimum absolute atomic E-state index is 0.0604. The highest BCUT2D eigenvalue weighted by molar-refractivity contribution is 7.24. The third kappa shape index (κ3) is 3.02. The molecule has 5 nitrogen and oxygen atoms in total. The summed E-state index contributed by atoms with van der Waals surface area (Å²) in [6.07, 6.45) is 0.985. The number of carbonyl (C=O) groups is 2. The fourth-order valence-corrected chi connectivity index (χ4v) is 4.40. The summed E-state index contributed by atoms with van der Waals surface area (Å²) in [7, 11) is 0. The zero-order valence-corrected chi connectivity index (χ0v) is 14.0. The van der Waals surface area contributed by atoms with E-state index in [9.17, 15) is 9.59 Å². The Hall–Kier alpha value is -1.44. The Morgan fingerprint density at radius 1 is 1.36 bits per heavy atom. The number of nitrogens with one attached hydrogen (secondary N) is 1. The summed E-state index contributed by atoms with van der Waals surface area (Å²) < 4.78 is 0.683. The van der Waals surface area contributed by atoms with Crippen LogP contribution in [0.2, 0.25) is 4.34 Å². The number of carboxylic acids is 1. The zero-order chi connectivity index (χ0) is 15.9. The second-order valence-electron chi connectivity index (χ2n) is 5.21. The Morgan fingerprint density at radius 2 is 2.09 bits per heavy atom. The van der Waals surface area contributed by atoms with Gasteiger partial charge in [-0.2, -0.15) is 0 Å². The molecule has 0 aliphatic heterocycles. The molecule has 0 aromatic carbocycles. The van der Waals surface area contributed by atoms with E-state index >= 15 is 0 Å². The molecule has 22 heavy (non-hydrogen) atoms. The van der Waals surface area contributed by atoms with Gasteiger partial charge < -0.3 is 10.4 Å². The summed E-state index contributed by atoms with van der Waals surface area (Å²) in [5.74, 6) is -1.31. The number of carboxylic acid groups (broad SMARTS) is 1. The lowest BCUT2D eigenvalue weighted by atomic mass is 9.80. The van der Waals surface area contributed by atoms with Crippen LogP contribution in [0.1, 0.15) is 28.2 Å². The lowest BCUT2D eigenvalue weighted by Crippen LogP contribution is -2.46. The number of aryl methyl sites for hydroxylation is 1. The maximum atomic E-state index is 12.3. The van der Waals surface area contributed by atoms with Gasteiger partial charge in [0, 0.05) is 6.04 Å². The Morgan fingerprint density at radius 3 is 2.68 bits per heavy atom. The van der Waals surface area contributed by atoms with Crippen molar-refractivity contribution < 1.29 is 14.7 Å². The van der Waals surface area contributed by atoms with Gasteiger partial charge in [0.25, 0.3) is 5.91 Å². The van der Waals surface area contributed by atoms with Crippen molar-refractivity contribution in [2.45, 2.75) is 25.8 Å². The number of carbonyl (C=O) groups excluding carboxylic acids is 1. The van der Waals surface area contributed by atoms with E-state index < -0.39 is 5.97 Å². The number of hydrogen-bond acceptors (Lipinski definition) is 5. The molecule has 2 heterocycles. The van der Waals surface area contributed by atoms with E-state index in [1.807, 2.05) is 6.07 Å². The lowest BCUT2D eigenvalue weighted by molar-refractivity contribution is -0.145. The summed E-state index contributed by atoms with van der Waals surface area (Å²) in [6, 6.07) is 3.63. The SMILES string of the molecule is Cc1nc(-c2ccc(Cl)s2)sc1C(=O)NC1CC(C(=O)O)C1. The third-order valence-electron chi connectivity index (χ3n) is 3.61. The first-order chi connectivity index (χ1) is 10.4. The molecule has 1 aliphatic carbocycles. The van der Waals surface area contributed by atoms with E-state index in [0.717, 1.165) is 9.88 Å². The number of thiophene rings is 1. The standard InChI is InChI=1S/C14H13ClN2O3S2/c1-6-11(12(18)17-8-4-7(5-8)14(19)20)22-13(16-6)9-2-3-10(15)21-9/h2-3,7-8H,4-5H2,1H3,(H,17,18)(H,19,20). The monoisotopic (exact) mass is 356 g/mol. The number of aliphatic carboxylic acids is 1. The summed E-state index contributed by atoms with van der Waals surface area (Å²) in [4.78, 5) is 29.0. The van der Waals surface area contributed by atoms with Crippen molar-refractivity contribution in [2.75, 3.05) is 0 Å². The summed E-state index contributed by atoms with van der Waals surface area (Å²) in [5.41, 5.74) is 0.677. The van der Waals surface area contributed by atoms with Gasteiger partial charge in [-0.15, -0.1) is 22.7 Å². The highest BCUT2D eigenvalue weighted by Crippen LogP contribution is 2.35. The highest BCUT2D eigenvalue weighted by Gasteiger charge is 2.35. The fourth-order valence-electron chi connectivity index (χ4n) is 2.33. The van der Waals surface area contributed by atoms with Crippen molar-refractivity contribution in [1.29, 1.82) is 0 Å². The fraction of sp³-hybridized carbons (Fsp3) is 0.357. The van der Waals surface area contributed by atoms with Crippen molar-refractivity contribution in [2.24, 2.45) is 5.92 Å². The second kappa shape index (κ2) is 5.98. The molecule has 2 aromatic heterocycles. The van der Waals surface area contributed by atoms with E-state index in [-0.39, 0.29) is 17.9 Å². The zero-order valence-electron chi connectivity index (χ0n) is 11.6.